The second kappa shape index (κ2) is 10.9. The highest BCUT2D eigenvalue weighted by atomic mass is 35.5. The summed E-state index contributed by atoms with van der Waals surface area (Å²) in [5, 5.41) is 12.8. The molecule has 0 aliphatic carbocycles. The number of hydrogen-bond acceptors (Lipinski definition) is 6. The van der Waals surface area contributed by atoms with Crippen LogP contribution in [0.15, 0.2) is 53.9 Å². The van der Waals surface area contributed by atoms with Gasteiger partial charge >= 0.3 is 0 Å². The largest absolute Gasteiger partial charge is 0.382 e. The molecule has 0 unspecified atom stereocenters. The maximum absolute atomic E-state index is 12.3. The molecule has 1 aromatic carbocycles. The van der Waals surface area contributed by atoms with E-state index in [0.29, 0.717) is 35.6 Å². The van der Waals surface area contributed by atoms with E-state index in [1.807, 2.05) is 23.6 Å². The Bertz CT molecular complexity index is 918. The number of anilines is 1. The van der Waals surface area contributed by atoms with Crippen LogP contribution in [0, 0.1) is 0 Å². The molecule has 0 saturated heterocycles. The first-order valence-electron chi connectivity index (χ1n) is 9.27. The number of ether oxygens (including phenoxy) is 1. The summed E-state index contributed by atoms with van der Waals surface area (Å²) in [5.41, 5.74) is 1.64. The van der Waals surface area contributed by atoms with Crippen LogP contribution in [0.25, 0.3) is 11.4 Å². The van der Waals surface area contributed by atoms with Gasteiger partial charge in [0.25, 0.3) is 0 Å². The normalized spacial score (nSPS) is 10.8. The Morgan fingerprint density at radius 1 is 1.17 bits per heavy atom. The van der Waals surface area contributed by atoms with Gasteiger partial charge in [-0.25, -0.2) is 0 Å². The molecule has 152 valence electrons. The third-order valence-electron chi connectivity index (χ3n) is 3.99. The predicted molar refractivity (Wildman–Crippen MR) is 115 cm³/mol. The van der Waals surface area contributed by atoms with Gasteiger partial charge in [0.1, 0.15) is 0 Å². The topological polar surface area (TPSA) is 81.9 Å². The number of aromatic nitrogens is 4. The minimum absolute atomic E-state index is 0.119. The van der Waals surface area contributed by atoms with Crippen LogP contribution in [-0.4, -0.2) is 44.6 Å². The Hall–Kier alpha value is -2.42. The molecule has 3 rings (SSSR count). The molecule has 0 fully saturated rings. The molecule has 0 radical (unpaired) electrons. The molecule has 1 N–H and O–H groups in total. The van der Waals surface area contributed by atoms with Gasteiger partial charge in [-0.3, -0.25) is 9.78 Å². The van der Waals surface area contributed by atoms with Gasteiger partial charge in [0, 0.05) is 48.4 Å². The first-order valence-corrected chi connectivity index (χ1v) is 10.6. The van der Waals surface area contributed by atoms with Crippen molar-refractivity contribution in [3.8, 4) is 11.4 Å². The lowest BCUT2D eigenvalue weighted by molar-refractivity contribution is -0.113. The van der Waals surface area contributed by atoms with Crippen LogP contribution in [0.2, 0.25) is 5.02 Å². The number of thioether (sulfide) groups is 1. The number of nitrogens with one attached hydrogen (secondary N) is 1. The highest BCUT2D eigenvalue weighted by Crippen LogP contribution is 2.24. The highest BCUT2D eigenvalue weighted by molar-refractivity contribution is 7.99. The minimum atomic E-state index is -0.119. The molecule has 0 bridgehead atoms. The Balaban J connectivity index is 1.67. The Morgan fingerprint density at radius 2 is 1.93 bits per heavy atom. The molecular weight excluding hydrogens is 410 g/mol. The van der Waals surface area contributed by atoms with Gasteiger partial charge < -0.3 is 14.6 Å². The zero-order valence-electron chi connectivity index (χ0n) is 16.0. The molecule has 0 aliphatic heterocycles. The third-order valence-corrected chi connectivity index (χ3v) is 5.21. The van der Waals surface area contributed by atoms with Crippen molar-refractivity contribution in [1.29, 1.82) is 0 Å². The smallest absolute Gasteiger partial charge is 0.234 e. The lowest BCUT2D eigenvalue weighted by Crippen LogP contribution is -2.14. The first kappa shape index (κ1) is 21.3. The summed E-state index contributed by atoms with van der Waals surface area (Å²) < 4.78 is 7.47. The van der Waals surface area contributed by atoms with Gasteiger partial charge in [-0.1, -0.05) is 23.4 Å². The Morgan fingerprint density at radius 3 is 2.66 bits per heavy atom. The third kappa shape index (κ3) is 6.28. The summed E-state index contributed by atoms with van der Waals surface area (Å²) in [7, 11) is 0. The van der Waals surface area contributed by atoms with Crippen molar-refractivity contribution in [3.63, 3.8) is 0 Å². The van der Waals surface area contributed by atoms with E-state index in [9.17, 15) is 4.79 Å². The fourth-order valence-corrected chi connectivity index (χ4v) is 3.53. The van der Waals surface area contributed by atoms with E-state index >= 15 is 0 Å². The maximum Gasteiger partial charge on any atom is 0.234 e. The van der Waals surface area contributed by atoms with Crippen LogP contribution in [0.4, 0.5) is 5.69 Å². The fraction of sp³-hybridized carbons (Fsp3) is 0.300. The van der Waals surface area contributed by atoms with Crippen LogP contribution in [0.5, 0.6) is 0 Å². The van der Waals surface area contributed by atoms with E-state index in [2.05, 4.69) is 20.5 Å². The molecule has 3 aromatic rings. The van der Waals surface area contributed by atoms with E-state index in [4.69, 9.17) is 16.3 Å². The zero-order chi connectivity index (χ0) is 20.5. The molecule has 1 amide bonds. The molecule has 9 heteroatoms. The van der Waals surface area contributed by atoms with Crippen molar-refractivity contribution in [2.75, 3.05) is 24.3 Å². The highest BCUT2D eigenvalue weighted by Gasteiger charge is 2.15. The van der Waals surface area contributed by atoms with Crippen LogP contribution < -0.4 is 5.32 Å². The number of carbonyl (C=O) groups is 1. The summed E-state index contributed by atoms with van der Waals surface area (Å²) in [6.45, 7) is 4.02. The number of halogens is 1. The van der Waals surface area contributed by atoms with Gasteiger partial charge in [-0.05, 0) is 49.7 Å². The maximum atomic E-state index is 12.3. The van der Waals surface area contributed by atoms with Crippen molar-refractivity contribution < 1.29 is 9.53 Å². The molecule has 2 heterocycles. The van der Waals surface area contributed by atoms with Gasteiger partial charge in [0.15, 0.2) is 11.0 Å². The van der Waals surface area contributed by atoms with Gasteiger partial charge in [0.2, 0.25) is 5.91 Å². The number of benzene rings is 1. The second-order valence-corrected chi connectivity index (χ2v) is 7.47. The van der Waals surface area contributed by atoms with E-state index in [1.54, 1.807) is 36.7 Å². The van der Waals surface area contributed by atoms with E-state index in [-0.39, 0.29) is 11.7 Å². The van der Waals surface area contributed by atoms with Crippen molar-refractivity contribution >= 4 is 35.0 Å². The Labute approximate surface area is 178 Å². The average Bonchev–Trinajstić information content (AvgIpc) is 3.15. The summed E-state index contributed by atoms with van der Waals surface area (Å²) in [6.07, 6.45) is 4.27. The number of pyridine rings is 1. The van der Waals surface area contributed by atoms with Crippen LogP contribution in [0.3, 0.4) is 0 Å². The number of carbonyl (C=O) groups excluding carboxylic acids is 1. The lowest BCUT2D eigenvalue weighted by atomic mass is 10.2. The monoisotopic (exact) mass is 431 g/mol. The van der Waals surface area contributed by atoms with Crippen LogP contribution in [-0.2, 0) is 16.1 Å². The summed E-state index contributed by atoms with van der Waals surface area (Å²) in [4.78, 5) is 16.4. The molecule has 29 heavy (non-hydrogen) atoms. The van der Waals surface area contributed by atoms with Crippen molar-refractivity contribution in [3.05, 3.63) is 53.8 Å². The van der Waals surface area contributed by atoms with Gasteiger partial charge in [0.05, 0.1) is 5.75 Å². The molecule has 0 atom stereocenters. The number of nitrogens with zero attached hydrogens (tertiary/aromatic N) is 4. The van der Waals surface area contributed by atoms with Gasteiger partial charge in [-0.15, -0.1) is 10.2 Å². The molecule has 7 nitrogen and oxygen atoms in total. The lowest BCUT2D eigenvalue weighted by Gasteiger charge is -2.10. The van der Waals surface area contributed by atoms with Crippen LogP contribution >= 0.6 is 23.4 Å². The summed E-state index contributed by atoms with van der Waals surface area (Å²) >= 11 is 7.23. The van der Waals surface area contributed by atoms with Crippen LogP contribution in [0.1, 0.15) is 13.3 Å². The minimum Gasteiger partial charge on any atom is -0.382 e. The van der Waals surface area contributed by atoms with Crippen molar-refractivity contribution in [1.82, 2.24) is 19.7 Å². The fourth-order valence-electron chi connectivity index (χ4n) is 2.64. The zero-order valence-corrected chi connectivity index (χ0v) is 17.6. The van der Waals surface area contributed by atoms with Crippen molar-refractivity contribution in [2.24, 2.45) is 0 Å². The summed E-state index contributed by atoms with van der Waals surface area (Å²) in [6, 6.07) is 10.8. The quantitative estimate of drug-likeness (QED) is 0.383. The van der Waals surface area contributed by atoms with Crippen molar-refractivity contribution in [2.45, 2.75) is 25.0 Å². The number of hydrogen-bond donors (Lipinski definition) is 1. The molecule has 0 saturated carbocycles. The van der Waals surface area contributed by atoms with E-state index in [0.717, 1.165) is 17.8 Å². The second-order valence-electron chi connectivity index (χ2n) is 6.09. The van der Waals surface area contributed by atoms with Gasteiger partial charge in [-0.2, -0.15) is 0 Å². The first-order chi connectivity index (χ1) is 14.2. The van der Waals surface area contributed by atoms with E-state index < -0.39 is 0 Å². The number of rotatable bonds is 10. The molecule has 0 aliphatic rings. The molecule has 2 aromatic heterocycles. The average molecular weight is 432 g/mol. The summed E-state index contributed by atoms with van der Waals surface area (Å²) in [5.74, 6) is 0.860. The number of amides is 1. The molecule has 0 spiro atoms. The predicted octanol–water partition coefficient (Wildman–Crippen LogP) is 4.15. The Kier molecular flexibility index (Phi) is 8.03. The standard InChI is InChI=1S/C20H22ClN5O2S/c1-2-28-13-3-12-26-19(15-8-10-22-11-9-15)24-25-20(26)29-14-18(27)23-17-6-4-16(21)5-7-17/h4-11H,2-3,12-14H2,1H3,(H,23,27). The SMILES string of the molecule is CCOCCCn1c(SCC(=O)Nc2ccc(Cl)cc2)nnc1-c1ccncc1. The molecular formula is C20H22ClN5O2S. The van der Waals surface area contributed by atoms with E-state index in [1.165, 1.54) is 11.8 Å².